The molecule has 0 N–H and O–H groups in total. The minimum absolute atomic E-state index is 0.390. The Morgan fingerprint density at radius 2 is 2.23 bits per heavy atom. The Morgan fingerprint density at radius 3 is 3.05 bits per heavy atom. The van der Waals surface area contributed by atoms with Crippen molar-refractivity contribution in [1.82, 2.24) is 9.88 Å². The van der Waals surface area contributed by atoms with Gasteiger partial charge in [-0.3, -0.25) is 9.88 Å². The third kappa shape index (κ3) is 3.34. The third-order valence-electron chi connectivity index (χ3n) is 5.35. The van der Waals surface area contributed by atoms with E-state index in [9.17, 15) is 0 Å². The maximum Gasteiger partial charge on any atom is 0.0780 e. The Morgan fingerprint density at radius 1 is 1.27 bits per heavy atom. The van der Waals surface area contributed by atoms with Crippen LogP contribution in [0.1, 0.15) is 31.2 Å². The van der Waals surface area contributed by atoms with Crippen LogP contribution in [0.15, 0.2) is 24.5 Å². The molecule has 3 atom stereocenters. The molecule has 2 aliphatic carbocycles. The highest BCUT2D eigenvalue weighted by atomic mass is 16.5. The molecule has 22 heavy (non-hydrogen) atoms. The predicted molar refractivity (Wildman–Crippen MR) is 84.4 cm³/mol. The number of pyridine rings is 1. The lowest BCUT2D eigenvalue weighted by molar-refractivity contribution is -0.0876. The summed E-state index contributed by atoms with van der Waals surface area (Å²) in [5.41, 5.74) is 1.15. The van der Waals surface area contributed by atoms with Gasteiger partial charge in [-0.05, 0) is 43.2 Å². The Kier molecular flexibility index (Phi) is 4.42. The van der Waals surface area contributed by atoms with Crippen molar-refractivity contribution in [2.75, 3.05) is 26.3 Å². The Hall–Kier alpha value is -0.970. The van der Waals surface area contributed by atoms with Crippen molar-refractivity contribution in [2.24, 2.45) is 11.8 Å². The monoisotopic (exact) mass is 302 g/mol. The van der Waals surface area contributed by atoms with E-state index in [1.165, 1.54) is 32.2 Å². The number of rotatable bonds is 6. The molecule has 0 aromatic carbocycles. The summed E-state index contributed by atoms with van der Waals surface area (Å²) in [6.45, 7) is 4.79. The van der Waals surface area contributed by atoms with E-state index >= 15 is 0 Å². The first-order valence-corrected chi connectivity index (χ1v) is 8.72. The van der Waals surface area contributed by atoms with Crippen molar-refractivity contribution in [1.29, 1.82) is 0 Å². The highest BCUT2D eigenvalue weighted by Gasteiger charge is 2.43. The topological polar surface area (TPSA) is 34.6 Å². The van der Waals surface area contributed by atoms with Crippen LogP contribution in [0.2, 0.25) is 0 Å². The Labute approximate surface area is 132 Å². The van der Waals surface area contributed by atoms with Crippen LogP contribution in [-0.4, -0.2) is 48.3 Å². The molecule has 0 radical (unpaired) electrons. The summed E-state index contributed by atoms with van der Waals surface area (Å²) in [6.07, 6.45) is 9.46. The van der Waals surface area contributed by atoms with Crippen LogP contribution in [0.3, 0.4) is 0 Å². The van der Waals surface area contributed by atoms with E-state index < -0.39 is 0 Å². The van der Waals surface area contributed by atoms with E-state index in [2.05, 4.69) is 16.0 Å². The molecule has 3 aliphatic rings. The van der Waals surface area contributed by atoms with Crippen LogP contribution in [-0.2, 0) is 16.1 Å². The Balaban J connectivity index is 1.28. The van der Waals surface area contributed by atoms with Gasteiger partial charge in [-0.25, -0.2) is 0 Å². The van der Waals surface area contributed by atoms with Crippen molar-refractivity contribution in [3.63, 3.8) is 0 Å². The second kappa shape index (κ2) is 6.65. The number of hydrogen-bond acceptors (Lipinski definition) is 4. The number of ether oxygens (including phenoxy) is 2. The van der Waals surface area contributed by atoms with Gasteiger partial charge in [0.1, 0.15) is 0 Å². The standard InChI is InChI=1S/C18H26N2O2/c1-2-15(10-19-7-1)12-21-13-16-5-6-17-18(16)22-9-8-20(17)11-14-3-4-14/h1-2,7,10,14,16-18H,3-6,8-9,11-13H2/t16-,17+,18+/m0/s1. The largest absolute Gasteiger partial charge is 0.376 e. The van der Waals surface area contributed by atoms with Gasteiger partial charge in [0.25, 0.3) is 0 Å². The van der Waals surface area contributed by atoms with Gasteiger partial charge >= 0.3 is 0 Å². The van der Waals surface area contributed by atoms with Crippen LogP contribution in [0, 0.1) is 11.8 Å². The average molecular weight is 302 g/mol. The zero-order chi connectivity index (χ0) is 14.8. The van der Waals surface area contributed by atoms with Crippen molar-refractivity contribution in [2.45, 2.75) is 44.4 Å². The molecule has 120 valence electrons. The summed E-state index contributed by atoms with van der Waals surface area (Å²) in [5, 5.41) is 0. The SMILES string of the molecule is c1cncc(COC[C@@H]2CC[C@@H]3[C@@H]2OCCN3CC2CC2)c1. The maximum absolute atomic E-state index is 6.12. The zero-order valence-corrected chi connectivity index (χ0v) is 13.2. The van der Waals surface area contributed by atoms with E-state index in [1.54, 1.807) is 6.20 Å². The minimum atomic E-state index is 0.390. The molecule has 0 unspecified atom stereocenters. The summed E-state index contributed by atoms with van der Waals surface area (Å²) in [7, 11) is 0. The molecule has 0 spiro atoms. The molecule has 3 fully saturated rings. The predicted octanol–water partition coefficient (Wildman–Crippen LogP) is 2.49. The Bertz CT molecular complexity index is 477. The summed E-state index contributed by atoms with van der Waals surface area (Å²) < 4.78 is 12.1. The van der Waals surface area contributed by atoms with Gasteiger partial charge in [0.05, 0.1) is 25.9 Å². The lowest BCUT2D eigenvalue weighted by atomic mass is 10.0. The minimum Gasteiger partial charge on any atom is -0.376 e. The molecular weight excluding hydrogens is 276 g/mol. The zero-order valence-electron chi connectivity index (χ0n) is 13.2. The number of hydrogen-bond donors (Lipinski definition) is 0. The molecular formula is C18H26N2O2. The molecule has 4 nitrogen and oxygen atoms in total. The van der Waals surface area contributed by atoms with Crippen LogP contribution < -0.4 is 0 Å². The molecule has 1 aromatic rings. The number of morpholine rings is 1. The molecule has 4 rings (SSSR count). The van der Waals surface area contributed by atoms with E-state index in [4.69, 9.17) is 9.47 Å². The van der Waals surface area contributed by atoms with Crippen LogP contribution >= 0.6 is 0 Å². The molecule has 2 saturated carbocycles. The quantitative estimate of drug-likeness (QED) is 0.808. The number of aromatic nitrogens is 1. The van der Waals surface area contributed by atoms with E-state index in [-0.39, 0.29) is 0 Å². The van der Waals surface area contributed by atoms with E-state index in [1.807, 2.05) is 12.3 Å². The normalized spacial score (nSPS) is 32.1. The molecule has 0 amide bonds. The lowest BCUT2D eigenvalue weighted by Crippen LogP contribution is -2.51. The smallest absolute Gasteiger partial charge is 0.0780 e. The number of fused-ring (bicyclic) bond motifs is 1. The molecule has 1 aromatic heterocycles. The first kappa shape index (κ1) is 14.6. The van der Waals surface area contributed by atoms with Crippen LogP contribution in [0.25, 0.3) is 0 Å². The fourth-order valence-electron chi connectivity index (χ4n) is 3.99. The van der Waals surface area contributed by atoms with Gasteiger partial charge in [-0.15, -0.1) is 0 Å². The fraction of sp³-hybridized carbons (Fsp3) is 0.722. The van der Waals surface area contributed by atoms with Gasteiger partial charge in [-0.2, -0.15) is 0 Å². The average Bonchev–Trinajstić information content (AvgIpc) is 3.27. The van der Waals surface area contributed by atoms with Crippen LogP contribution in [0.5, 0.6) is 0 Å². The van der Waals surface area contributed by atoms with Gasteiger partial charge in [0.2, 0.25) is 0 Å². The van der Waals surface area contributed by atoms with Crippen molar-refractivity contribution in [3.8, 4) is 0 Å². The van der Waals surface area contributed by atoms with E-state index in [0.717, 1.165) is 31.2 Å². The summed E-state index contributed by atoms with van der Waals surface area (Å²) in [6, 6.07) is 4.67. The summed E-state index contributed by atoms with van der Waals surface area (Å²) >= 11 is 0. The van der Waals surface area contributed by atoms with Gasteiger partial charge in [0, 0.05) is 37.4 Å². The second-order valence-electron chi connectivity index (χ2n) is 7.05. The molecule has 0 bridgehead atoms. The van der Waals surface area contributed by atoms with Gasteiger partial charge in [-0.1, -0.05) is 6.07 Å². The van der Waals surface area contributed by atoms with Crippen molar-refractivity contribution < 1.29 is 9.47 Å². The highest BCUT2D eigenvalue weighted by molar-refractivity contribution is 5.06. The summed E-state index contributed by atoms with van der Waals surface area (Å²) in [4.78, 5) is 6.83. The van der Waals surface area contributed by atoms with E-state index in [0.29, 0.717) is 24.7 Å². The molecule has 1 aliphatic heterocycles. The fourth-order valence-corrected chi connectivity index (χ4v) is 3.99. The molecule has 4 heteroatoms. The highest BCUT2D eigenvalue weighted by Crippen LogP contribution is 2.38. The first-order valence-electron chi connectivity index (χ1n) is 8.72. The second-order valence-corrected chi connectivity index (χ2v) is 7.05. The lowest BCUT2D eigenvalue weighted by Gasteiger charge is -2.39. The third-order valence-corrected chi connectivity index (χ3v) is 5.35. The van der Waals surface area contributed by atoms with Gasteiger partial charge in [0.15, 0.2) is 0 Å². The van der Waals surface area contributed by atoms with Crippen molar-refractivity contribution in [3.05, 3.63) is 30.1 Å². The van der Waals surface area contributed by atoms with Crippen LogP contribution in [0.4, 0.5) is 0 Å². The van der Waals surface area contributed by atoms with Gasteiger partial charge < -0.3 is 9.47 Å². The first-order chi connectivity index (χ1) is 10.9. The molecule has 2 heterocycles. The summed E-state index contributed by atoms with van der Waals surface area (Å²) in [5.74, 6) is 1.53. The maximum atomic E-state index is 6.12. The van der Waals surface area contributed by atoms with Crippen molar-refractivity contribution >= 4 is 0 Å². The number of nitrogens with zero attached hydrogens (tertiary/aromatic N) is 2. The molecule has 1 saturated heterocycles.